The van der Waals surface area contributed by atoms with Crippen molar-refractivity contribution < 1.29 is 4.74 Å². The normalized spacial score (nSPS) is 19.3. The second-order valence-corrected chi connectivity index (χ2v) is 4.82. The van der Waals surface area contributed by atoms with Gasteiger partial charge in [0.1, 0.15) is 0 Å². The molecule has 0 N–H and O–H groups in total. The second kappa shape index (κ2) is 4.47. The number of aromatic nitrogens is 2. The number of hydrogen-bond donors (Lipinski definition) is 1. The largest absolute Gasteiger partial charge is 0.490 e. The third-order valence-electron chi connectivity index (χ3n) is 3.23. The molecule has 84 valence electrons. The molecule has 0 unspecified atom stereocenters. The average Bonchev–Trinajstić information content (AvgIpc) is 2.85. The quantitative estimate of drug-likeness (QED) is 0.798. The van der Waals surface area contributed by atoms with Crippen molar-refractivity contribution in [3.8, 4) is 5.75 Å². The minimum absolute atomic E-state index is 0.305. The van der Waals surface area contributed by atoms with Gasteiger partial charge in [0.25, 0.3) is 0 Å². The first-order valence-electron chi connectivity index (χ1n) is 5.46. The van der Waals surface area contributed by atoms with Crippen molar-refractivity contribution in [3.63, 3.8) is 0 Å². The zero-order valence-electron chi connectivity index (χ0n) is 9.15. The third kappa shape index (κ3) is 2.48. The molecule has 15 heavy (non-hydrogen) atoms. The third-order valence-corrected chi connectivity index (χ3v) is 3.90. The van der Waals surface area contributed by atoms with Gasteiger partial charge in [-0.1, -0.05) is 12.8 Å². The van der Waals surface area contributed by atoms with Gasteiger partial charge in [-0.15, -0.1) is 0 Å². The SMILES string of the molecule is Cn1cc(OCC2(CS)CCCC2)cn1. The molecule has 1 aliphatic carbocycles. The number of rotatable bonds is 4. The molecule has 1 aromatic heterocycles. The van der Waals surface area contributed by atoms with Gasteiger partial charge in [0.2, 0.25) is 0 Å². The van der Waals surface area contributed by atoms with E-state index >= 15 is 0 Å². The zero-order chi connectivity index (χ0) is 10.7. The highest BCUT2D eigenvalue weighted by molar-refractivity contribution is 7.80. The van der Waals surface area contributed by atoms with Crippen molar-refractivity contribution >= 4 is 12.6 Å². The fourth-order valence-electron chi connectivity index (χ4n) is 2.18. The molecule has 0 bridgehead atoms. The van der Waals surface area contributed by atoms with Crippen molar-refractivity contribution in [1.82, 2.24) is 9.78 Å². The topological polar surface area (TPSA) is 27.1 Å². The van der Waals surface area contributed by atoms with E-state index in [4.69, 9.17) is 4.74 Å². The number of aryl methyl sites for hydroxylation is 1. The van der Waals surface area contributed by atoms with Crippen LogP contribution in [-0.2, 0) is 7.05 Å². The van der Waals surface area contributed by atoms with E-state index in [1.54, 1.807) is 10.9 Å². The Morgan fingerprint density at radius 1 is 1.53 bits per heavy atom. The first-order chi connectivity index (χ1) is 7.24. The van der Waals surface area contributed by atoms with Crippen molar-refractivity contribution in [2.24, 2.45) is 12.5 Å². The Bertz CT molecular complexity index is 318. The van der Waals surface area contributed by atoms with Crippen LogP contribution < -0.4 is 4.74 Å². The summed E-state index contributed by atoms with van der Waals surface area (Å²) in [7, 11) is 1.90. The Morgan fingerprint density at radius 3 is 2.80 bits per heavy atom. The average molecular weight is 226 g/mol. The monoisotopic (exact) mass is 226 g/mol. The van der Waals surface area contributed by atoms with Gasteiger partial charge in [-0.05, 0) is 18.6 Å². The zero-order valence-corrected chi connectivity index (χ0v) is 10.0. The highest BCUT2D eigenvalue weighted by Gasteiger charge is 2.33. The minimum Gasteiger partial charge on any atom is -0.490 e. The van der Waals surface area contributed by atoms with E-state index in [0.717, 1.165) is 18.1 Å². The van der Waals surface area contributed by atoms with E-state index in [2.05, 4.69) is 17.7 Å². The first-order valence-corrected chi connectivity index (χ1v) is 6.10. The van der Waals surface area contributed by atoms with Crippen LogP contribution >= 0.6 is 12.6 Å². The highest BCUT2D eigenvalue weighted by Crippen LogP contribution is 2.39. The predicted octanol–water partition coefficient (Wildman–Crippen LogP) is 2.29. The number of ether oxygens (including phenoxy) is 1. The molecule has 0 atom stereocenters. The number of thiol groups is 1. The summed E-state index contributed by atoms with van der Waals surface area (Å²) in [6.45, 7) is 0.780. The summed E-state index contributed by atoms with van der Waals surface area (Å²) >= 11 is 4.45. The van der Waals surface area contributed by atoms with Gasteiger partial charge in [-0.2, -0.15) is 17.7 Å². The number of nitrogens with zero attached hydrogens (tertiary/aromatic N) is 2. The Balaban J connectivity index is 1.91. The van der Waals surface area contributed by atoms with Gasteiger partial charge in [0, 0.05) is 12.5 Å². The predicted molar refractivity (Wildman–Crippen MR) is 63.5 cm³/mol. The van der Waals surface area contributed by atoms with Gasteiger partial charge in [0.05, 0.1) is 19.0 Å². The maximum Gasteiger partial charge on any atom is 0.157 e. The van der Waals surface area contributed by atoms with Gasteiger partial charge in [0.15, 0.2) is 5.75 Å². The lowest BCUT2D eigenvalue weighted by atomic mass is 9.90. The van der Waals surface area contributed by atoms with Crippen LogP contribution in [-0.4, -0.2) is 22.1 Å². The van der Waals surface area contributed by atoms with E-state index in [-0.39, 0.29) is 0 Å². The summed E-state index contributed by atoms with van der Waals surface area (Å²) in [4.78, 5) is 0. The van der Waals surface area contributed by atoms with Gasteiger partial charge < -0.3 is 4.74 Å². The maximum absolute atomic E-state index is 5.77. The molecule has 0 amide bonds. The Morgan fingerprint density at radius 2 is 2.27 bits per heavy atom. The summed E-state index contributed by atoms with van der Waals surface area (Å²) in [5.74, 6) is 1.79. The molecule has 0 aromatic carbocycles. The van der Waals surface area contributed by atoms with E-state index in [1.807, 2.05) is 13.2 Å². The summed E-state index contributed by atoms with van der Waals surface area (Å²) in [6, 6.07) is 0. The summed E-state index contributed by atoms with van der Waals surface area (Å²) in [5, 5.41) is 4.08. The Labute approximate surface area is 96.2 Å². The van der Waals surface area contributed by atoms with Crippen LogP contribution in [0.5, 0.6) is 5.75 Å². The van der Waals surface area contributed by atoms with Crippen LogP contribution in [0.1, 0.15) is 25.7 Å². The van der Waals surface area contributed by atoms with Gasteiger partial charge in [-0.3, -0.25) is 4.68 Å². The molecule has 4 heteroatoms. The lowest BCUT2D eigenvalue weighted by Crippen LogP contribution is -2.27. The van der Waals surface area contributed by atoms with Crippen LogP contribution in [0.25, 0.3) is 0 Å². The first kappa shape index (κ1) is 10.9. The highest BCUT2D eigenvalue weighted by atomic mass is 32.1. The molecule has 3 nitrogen and oxygen atoms in total. The maximum atomic E-state index is 5.77. The van der Waals surface area contributed by atoms with Crippen LogP contribution in [0.4, 0.5) is 0 Å². The van der Waals surface area contributed by atoms with Crippen molar-refractivity contribution in [3.05, 3.63) is 12.4 Å². The number of hydrogen-bond acceptors (Lipinski definition) is 3. The molecular weight excluding hydrogens is 208 g/mol. The molecule has 0 radical (unpaired) electrons. The fraction of sp³-hybridized carbons (Fsp3) is 0.727. The summed E-state index contributed by atoms with van der Waals surface area (Å²) in [6.07, 6.45) is 8.80. The molecule has 2 rings (SSSR count). The minimum atomic E-state index is 0.305. The molecule has 0 spiro atoms. The molecule has 1 aliphatic rings. The smallest absolute Gasteiger partial charge is 0.157 e. The van der Waals surface area contributed by atoms with Gasteiger partial charge in [-0.25, -0.2) is 0 Å². The van der Waals surface area contributed by atoms with E-state index in [0.29, 0.717) is 5.41 Å². The van der Waals surface area contributed by atoms with Gasteiger partial charge >= 0.3 is 0 Å². The second-order valence-electron chi connectivity index (χ2n) is 4.50. The van der Waals surface area contributed by atoms with Crippen molar-refractivity contribution in [2.45, 2.75) is 25.7 Å². The molecular formula is C11H18N2OS. The van der Waals surface area contributed by atoms with Crippen LogP contribution in [0.3, 0.4) is 0 Å². The van der Waals surface area contributed by atoms with Crippen LogP contribution in [0.2, 0.25) is 0 Å². The molecule has 0 aliphatic heterocycles. The Kier molecular flexibility index (Phi) is 3.24. The molecule has 1 fully saturated rings. The standard InChI is InChI=1S/C11H18N2OS/c1-13-7-10(6-12-13)14-8-11(9-15)4-2-3-5-11/h6-7,15H,2-5,8-9H2,1H3. The fourth-order valence-corrected chi connectivity index (χ4v) is 2.59. The summed E-state index contributed by atoms with van der Waals surface area (Å²) in [5.41, 5.74) is 0.305. The van der Waals surface area contributed by atoms with Crippen molar-refractivity contribution in [1.29, 1.82) is 0 Å². The van der Waals surface area contributed by atoms with Crippen LogP contribution in [0, 0.1) is 5.41 Å². The summed E-state index contributed by atoms with van der Waals surface area (Å²) < 4.78 is 7.53. The van der Waals surface area contributed by atoms with Crippen molar-refractivity contribution in [2.75, 3.05) is 12.4 Å². The molecule has 1 saturated carbocycles. The molecule has 1 heterocycles. The lowest BCUT2D eigenvalue weighted by molar-refractivity contribution is 0.173. The van der Waals surface area contributed by atoms with E-state index < -0.39 is 0 Å². The van der Waals surface area contributed by atoms with E-state index in [1.165, 1.54) is 25.7 Å². The van der Waals surface area contributed by atoms with Crippen LogP contribution in [0.15, 0.2) is 12.4 Å². The van der Waals surface area contributed by atoms with E-state index in [9.17, 15) is 0 Å². The Hall–Kier alpha value is -0.640. The molecule has 1 aromatic rings. The lowest BCUT2D eigenvalue weighted by Gasteiger charge is -2.26. The molecule has 0 saturated heterocycles.